The van der Waals surface area contributed by atoms with E-state index in [9.17, 15) is 28.1 Å². The van der Waals surface area contributed by atoms with Crippen LogP contribution in [0.15, 0.2) is 36.5 Å². The minimum absolute atomic E-state index is 0.157. The summed E-state index contributed by atoms with van der Waals surface area (Å²) < 4.78 is 41.4. The molecule has 1 amide bonds. The lowest BCUT2D eigenvalue weighted by Crippen LogP contribution is -2.22. The predicted octanol–water partition coefficient (Wildman–Crippen LogP) is 3.49. The maximum absolute atomic E-state index is 12.3. The highest BCUT2D eigenvalue weighted by Gasteiger charge is 2.29. The van der Waals surface area contributed by atoms with Crippen LogP contribution in [0.2, 0.25) is 0 Å². The van der Waals surface area contributed by atoms with E-state index in [0.29, 0.717) is 0 Å². The van der Waals surface area contributed by atoms with Gasteiger partial charge in [0.1, 0.15) is 5.56 Å². The number of alkyl halides is 3. The van der Waals surface area contributed by atoms with Gasteiger partial charge in [0.15, 0.2) is 6.61 Å². The highest BCUT2D eigenvalue weighted by molar-refractivity contribution is 6.06. The topological polar surface area (TPSA) is 94.4 Å². The van der Waals surface area contributed by atoms with Crippen LogP contribution in [0, 0.1) is 17.0 Å². The lowest BCUT2D eigenvalue weighted by Gasteiger charge is -2.13. The van der Waals surface area contributed by atoms with E-state index in [2.05, 4.69) is 15.0 Å². The second-order valence-electron chi connectivity index (χ2n) is 4.92. The Balaban J connectivity index is 2.25. The van der Waals surface area contributed by atoms with Crippen molar-refractivity contribution in [2.24, 2.45) is 0 Å². The number of rotatable bonds is 5. The first kappa shape index (κ1) is 18.2. The number of halogens is 3. The molecule has 0 aliphatic rings. The second kappa shape index (κ2) is 7.16. The molecule has 132 valence electrons. The van der Waals surface area contributed by atoms with Crippen molar-refractivity contribution in [2.75, 3.05) is 11.9 Å². The minimum Gasteiger partial charge on any atom is -0.467 e. The van der Waals surface area contributed by atoms with Gasteiger partial charge < -0.3 is 10.1 Å². The predicted molar refractivity (Wildman–Crippen MR) is 81.6 cm³/mol. The highest BCUT2D eigenvalue weighted by Crippen LogP contribution is 2.26. The van der Waals surface area contributed by atoms with Crippen LogP contribution in [0.25, 0.3) is 0 Å². The molecule has 0 bridgehead atoms. The fourth-order valence-corrected chi connectivity index (χ4v) is 1.98. The Morgan fingerprint density at radius 1 is 1.32 bits per heavy atom. The van der Waals surface area contributed by atoms with Crippen LogP contribution in [-0.2, 0) is 0 Å². The number of hydrogen-bond donors (Lipinski definition) is 1. The molecule has 10 heteroatoms. The van der Waals surface area contributed by atoms with Crippen molar-refractivity contribution in [3.8, 4) is 5.88 Å². The number of aromatic nitrogens is 1. The number of nitrogens with zero attached hydrogens (tertiary/aromatic N) is 2. The monoisotopic (exact) mass is 355 g/mol. The van der Waals surface area contributed by atoms with Crippen LogP contribution in [-0.4, -0.2) is 28.6 Å². The molecule has 0 spiro atoms. The van der Waals surface area contributed by atoms with Crippen molar-refractivity contribution in [3.05, 3.63) is 57.8 Å². The third-order valence-electron chi connectivity index (χ3n) is 3.14. The third kappa shape index (κ3) is 4.66. The Bertz CT molecular complexity index is 809. The Kier molecular flexibility index (Phi) is 5.20. The van der Waals surface area contributed by atoms with E-state index in [1.54, 1.807) is 0 Å². The normalized spacial score (nSPS) is 11.0. The molecule has 0 aliphatic carbocycles. The largest absolute Gasteiger partial charge is 0.467 e. The van der Waals surface area contributed by atoms with Crippen LogP contribution >= 0.6 is 0 Å². The van der Waals surface area contributed by atoms with Crippen LogP contribution in [0.5, 0.6) is 5.88 Å². The summed E-state index contributed by atoms with van der Waals surface area (Å²) in [5.74, 6) is -1.28. The van der Waals surface area contributed by atoms with Gasteiger partial charge in [0.2, 0.25) is 5.88 Å². The molecule has 1 aromatic heterocycles. The van der Waals surface area contributed by atoms with Crippen molar-refractivity contribution in [1.82, 2.24) is 4.98 Å². The van der Waals surface area contributed by atoms with Gasteiger partial charge in [-0.05, 0) is 25.1 Å². The Hall–Kier alpha value is -3.17. The summed E-state index contributed by atoms with van der Waals surface area (Å²) in [4.78, 5) is 26.2. The summed E-state index contributed by atoms with van der Waals surface area (Å²) >= 11 is 0. The number of amides is 1. The Morgan fingerprint density at radius 2 is 2.04 bits per heavy atom. The number of benzene rings is 1. The number of nitrogens with one attached hydrogen (secondary N) is 1. The van der Waals surface area contributed by atoms with Gasteiger partial charge in [0.25, 0.3) is 11.6 Å². The number of carbonyl (C=O) groups is 1. The maximum atomic E-state index is 12.3. The summed E-state index contributed by atoms with van der Waals surface area (Å²) in [7, 11) is 0. The number of nitro groups is 1. The van der Waals surface area contributed by atoms with Gasteiger partial charge in [-0.25, -0.2) is 4.98 Å². The first-order valence-corrected chi connectivity index (χ1v) is 6.89. The molecule has 0 radical (unpaired) electrons. The van der Waals surface area contributed by atoms with Crippen LogP contribution in [0.1, 0.15) is 15.9 Å². The average Bonchev–Trinajstić information content (AvgIpc) is 2.54. The first-order valence-electron chi connectivity index (χ1n) is 6.89. The van der Waals surface area contributed by atoms with Crippen LogP contribution in [0.4, 0.5) is 24.5 Å². The maximum Gasteiger partial charge on any atom is 0.422 e. The summed E-state index contributed by atoms with van der Waals surface area (Å²) in [5, 5.41) is 13.3. The van der Waals surface area contributed by atoms with Crippen molar-refractivity contribution in [2.45, 2.75) is 13.1 Å². The number of anilines is 1. The lowest BCUT2D eigenvalue weighted by atomic mass is 10.1. The van der Waals surface area contributed by atoms with Crippen molar-refractivity contribution in [1.29, 1.82) is 0 Å². The van der Waals surface area contributed by atoms with Gasteiger partial charge in [0, 0.05) is 12.3 Å². The smallest absolute Gasteiger partial charge is 0.422 e. The zero-order valence-electron chi connectivity index (χ0n) is 12.8. The number of nitro benzene ring substituents is 1. The summed E-state index contributed by atoms with van der Waals surface area (Å²) in [6.07, 6.45) is -3.40. The van der Waals surface area contributed by atoms with Crippen LogP contribution < -0.4 is 10.1 Å². The molecule has 0 aliphatic heterocycles. The number of carbonyl (C=O) groups excluding carboxylic acids is 1. The van der Waals surface area contributed by atoms with E-state index in [0.717, 1.165) is 0 Å². The number of ether oxygens (including phenoxy) is 1. The molecule has 1 N–H and O–H groups in total. The average molecular weight is 355 g/mol. The fraction of sp³-hybridized carbons (Fsp3) is 0.200. The fourth-order valence-electron chi connectivity index (χ4n) is 1.98. The number of pyridine rings is 1. The van der Waals surface area contributed by atoms with Crippen molar-refractivity contribution >= 4 is 17.3 Å². The quantitative estimate of drug-likeness (QED) is 0.654. The van der Waals surface area contributed by atoms with E-state index in [4.69, 9.17) is 0 Å². The zero-order chi connectivity index (χ0) is 18.6. The summed E-state index contributed by atoms with van der Waals surface area (Å²) in [5.41, 5.74) is -0.0532. The van der Waals surface area contributed by atoms with E-state index in [-0.39, 0.29) is 22.5 Å². The van der Waals surface area contributed by atoms with Gasteiger partial charge in [-0.3, -0.25) is 14.9 Å². The molecule has 0 fully saturated rings. The van der Waals surface area contributed by atoms with Gasteiger partial charge in [0.05, 0.1) is 16.2 Å². The van der Waals surface area contributed by atoms with Crippen molar-refractivity contribution in [3.63, 3.8) is 0 Å². The molecule has 25 heavy (non-hydrogen) atoms. The molecular formula is C15H12F3N3O4. The first-order chi connectivity index (χ1) is 11.7. The molecule has 0 atom stereocenters. The summed E-state index contributed by atoms with van der Waals surface area (Å²) in [6.45, 7) is -0.155. The standard InChI is InChI=1S/C15H12F3N3O4/c1-9-11(5-2-6-12(9)21(23)24)20-13(22)10-4-3-7-19-14(10)25-8-15(16,17)18/h2-7H,8H2,1H3,(H,20,22). The molecule has 7 nitrogen and oxygen atoms in total. The zero-order valence-corrected chi connectivity index (χ0v) is 12.8. The van der Waals surface area contributed by atoms with Gasteiger partial charge in [-0.2, -0.15) is 13.2 Å². The van der Waals surface area contributed by atoms with E-state index in [1.807, 2.05) is 0 Å². The molecule has 0 unspecified atom stereocenters. The van der Waals surface area contributed by atoms with E-state index < -0.39 is 29.5 Å². The van der Waals surface area contributed by atoms with E-state index >= 15 is 0 Å². The molecule has 2 rings (SSSR count). The van der Waals surface area contributed by atoms with Gasteiger partial charge in [-0.1, -0.05) is 6.07 Å². The Labute approximate surface area is 139 Å². The minimum atomic E-state index is -4.58. The SMILES string of the molecule is Cc1c(NC(=O)c2cccnc2OCC(F)(F)F)cccc1[N+](=O)[O-]. The van der Waals surface area contributed by atoms with Gasteiger partial charge in [-0.15, -0.1) is 0 Å². The molecule has 1 heterocycles. The third-order valence-corrected chi connectivity index (χ3v) is 3.14. The second-order valence-corrected chi connectivity index (χ2v) is 4.92. The molecule has 0 saturated heterocycles. The Morgan fingerprint density at radius 3 is 2.68 bits per heavy atom. The highest BCUT2D eigenvalue weighted by atomic mass is 19.4. The van der Waals surface area contributed by atoms with Crippen LogP contribution in [0.3, 0.4) is 0 Å². The molecule has 2 aromatic rings. The van der Waals surface area contributed by atoms with E-state index in [1.165, 1.54) is 43.5 Å². The summed E-state index contributed by atoms with van der Waals surface area (Å²) in [6, 6.07) is 6.68. The number of hydrogen-bond acceptors (Lipinski definition) is 5. The lowest BCUT2D eigenvalue weighted by molar-refractivity contribution is -0.385. The molecular weight excluding hydrogens is 343 g/mol. The van der Waals surface area contributed by atoms with Gasteiger partial charge >= 0.3 is 6.18 Å². The molecule has 0 saturated carbocycles. The molecule has 1 aromatic carbocycles. The van der Waals surface area contributed by atoms with Crippen molar-refractivity contribution < 1.29 is 27.6 Å².